The summed E-state index contributed by atoms with van der Waals surface area (Å²) in [4.78, 5) is 8.66. The van der Waals surface area contributed by atoms with Crippen LogP contribution in [-0.4, -0.2) is 27.2 Å². The SMILES string of the molecule is COC1(Cn2c(N)nc3cccnc32)CCC1. The second kappa shape index (κ2) is 3.70. The largest absolute Gasteiger partial charge is 0.376 e. The molecule has 0 aliphatic heterocycles. The normalized spacial score (nSPS) is 18.2. The molecule has 0 spiro atoms. The lowest BCUT2D eigenvalue weighted by atomic mass is 9.80. The predicted molar refractivity (Wildman–Crippen MR) is 65.5 cm³/mol. The van der Waals surface area contributed by atoms with Crippen LogP contribution >= 0.6 is 0 Å². The molecule has 90 valence electrons. The minimum Gasteiger partial charge on any atom is -0.376 e. The summed E-state index contributed by atoms with van der Waals surface area (Å²) in [5, 5.41) is 0. The van der Waals surface area contributed by atoms with Crippen LogP contribution in [0.25, 0.3) is 11.2 Å². The maximum absolute atomic E-state index is 5.95. The van der Waals surface area contributed by atoms with E-state index < -0.39 is 0 Å². The molecule has 0 unspecified atom stereocenters. The van der Waals surface area contributed by atoms with Crippen molar-refractivity contribution >= 4 is 17.1 Å². The predicted octanol–water partition coefficient (Wildman–Crippen LogP) is 1.58. The van der Waals surface area contributed by atoms with E-state index in [2.05, 4.69) is 9.97 Å². The second-order valence-corrected chi connectivity index (χ2v) is 4.64. The number of nitrogens with zero attached hydrogens (tertiary/aromatic N) is 3. The summed E-state index contributed by atoms with van der Waals surface area (Å²) in [6, 6.07) is 3.80. The monoisotopic (exact) mass is 232 g/mol. The fraction of sp³-hybridized carbons (Fsp3) is 0.500. The van der Waals surface area contributed by atoms with Crippen LogP contribution in [0.3, 0.4) is 0 Å². The molecule has 17 heavy (non-hydrogen) atoms. The van der Waals surface area contributed by atoms with Gasteiger partial charge in [0.15, 0.2) is 5.65 Å². The maximum Gasteiger partial charge on any atom is 0.202 e. The second-order valence-electron chi connectivity index (χ2n) is 4.64. The molecule has 0 radical (unpaired) electrons. The van der Waals surface area contributed by atoms with Gasteiger partial charge in [-0.05, 0) is 31.4 Å². The summed E-state index contributed by atoms with van der Waals surface area (Å²) in [7, 11) is 1.77. The number of rotatable bonds is 3. The molecule has 5 heteroatoms. The first kappa shape index (κ1) is 10.5. The Morgan fingerprint density at radius 1 is 1.53 bits per heavy atom. The van der Waals surface area contributed by atoms with Crippen LogP contribution in [0, 0.1) is 0 Å². The number of fused-ring (bicyclic) bond motifs is 1. The number of nitrogen functional groups attached to an aromatic ring is 1. The summed E-state index contributed by atoms with van der Waals surface area (Å²) in [6.45, 7) is 0.739. The molecule has 2 heterocycles. The van der Waals surface area contributed by atoms with Gasteiger partial charge in [0, 0.05) is 13.3 Å². The first-order valence-electron chi connectivity index (χ1n) is 5.86. The summed E-state index contributed by atoms with van der Waals surface area (Å²) >= 11 is 0. The quantitative estimate of drug-likeness (QED) is 0.872. The Balaban J connectivity index is 2.02. The first-order chi connectivity index (χ1) is 8.24. The lowest BCUT2D eigenvalue weighted by Crippen LogP contribution is -2.43. The average Bonchev–Trinajstić information content (AvgIpc) is 2.60. The van der Waals surface area contributed by atoms with Crippen LogP contribution in [0.4, 0.5) is 5.95 Å². The average molecular weight is 232 g/mol. The number of ether oxygens (including phenoxy) is 1. The van der Waals surface area contributed by atoms with Gasteiger partial charge in [-0.2, -0.15) is 0 Å². The van der Waals surface area contributed by atoms with Crippen molar-refractivity contribution < 1.29 is 4.74 Å². The van der Waals surface area contributed by atoms with Gasteiger partial charge in [0.1, 0.15) is 5.52 Å². The van der Waals surface area contributed by atoms with Gasteiger partial charge in [-0.3, -0.25) is 4.57 Å². The van der Waals surface area contributed by atoms with Crippen molar-refractivity contribution in [2.24, 2.45) is 0 Å². The van der Waals surface area contributed by atoms with E-state index in [1.54, 1.807) is 13.3 Å². The summed E-state index contributed by atoms with van der Waals surface area (Å²) in [6.07, 6.45) is 5.14. The number of aromatic nitrogens is 3. The molecule has 1 saturated carbocycles. The Hall–Kier alpha value is -1.62. The van der Waals surface area contributed by atoms with E-state index >= 15 is 0 Å². The molecule has 1 fully saturated rings. The van der Waals surface area contributed by atoms with E-state index in [0.29, 0.717) is 5.95 Å². The molecule has 5 nitrogen and oxygen atoms in total. The molecule has 1 aliphatic carbocycles. The number of hydrogen-bond donors (Lipinski definition) is 1. The third-order valence-electron chi connectivity index (χ3n) is 3.68. The van der Waals surface area contributed by atoms with Gasteiger partial charge in [0.2, 0.25) is 5.95 Å². The van der Waals surface area contributed by atoms with E-state index in [-0.39, 0.29) is 5.60 Å². The molecular formula is C12H16N4O. The van der Waals surface area contributed by atoms with Crippen LogP contribution in [0.2, 0.25) is 0 Å². The Kier molecular flexibility index (Phi) is 2.29. The van der Waals surface area contributed by atoms with Crippen LogP contribution in [0.15, 0.2) is 18.3 Å². The first-order valence-corrected chi connectivity index (χ1v) is 5.86. The molecule has 1 aliphatic rings. The van der Waals surface area contributed by atoms with Gasteiger partial charge in [-0.1, -0.05) is 0 Å². The zero-order chi connectivity index (χ0) is 11.9. The lowest BCUT2D eigenvalue weighted by molar-refractivity contribution is -0.0825. The highest BCUT2D eigenvalue weighted by molar-refractivity contribution is 5.73. The Morgan fingerprint density at radius 3 is 3.00 bits per heavy atom. The molecule has 0 bridgehead atoms. The van der Waals surface area contributed by atoms with Crippen molar-refractivity contribution in [3.63, 3.8) is 0 Å². The van der Waals surface area contributed by atoms with Crippen molar-refractivity contribution in [1.29, 1.82) is 0 Å². The van der Waals surface area contributed by atoms with Crippen molar-refractivity contribution in [3.05, 3.63) is 18.3 Å². The fourth-order valence-corrected chi connectivity index (χ4v) is 2.42. The highest BCUT2D eigenvalue weighted by Crippen LogP contribution is 2.37. The molecule has 2 aromatic rings. The topological polar surface area (TPSA) is 66.0 Å². The zero-order valence-electron chi connectivity index (χ0n) is 9.89. The van der Waals surface area contributed by atoms with Crippen LogP contribution in [0.5, 0.6) is 0 Å². The highest BCUT2D eigenvalue weighted by atomic mass is 16.5. The molecular weight excluding hydrogens is 216 g/mol. The Morgan fingerprint density at radius 2 is 2.35 bits per heavy atom. The molecule has 2 N–H and O–H groups in total. The minimum absolute atomic E-state index is 0.0702. The lowest BCUT2D eigenvalue weighted by Gasteiger charge is -2.40. The Bertz CT molecular complexity index is 539. The van der Waals surface area contributed by atoms with Crippen molar-refractivity contribution in [2.45, 2.75) is 31.4 Å². The van der Waals surface area contributed by atoms with Gasteiger partial charge in [0.25, 0.3) is 0 Å². The smallest absolute Gasteiger partial charge is 0.202 e. The standard InChI is InChI=1S/C12H16N4O/c1-17-12(5-3-6-12)8-16-10-9(15-11(16)13)4-2-7-14-10/h2,4,7H,3,5-6,8H2,1H3,(H2,13,15). The maximum atomic E-state index is 5.95. The van der Waals surface area contributed by atoms with Crippen LogP contribution in [0.1, 0.15) is 19.3 Å². The van der Waals surface area contributed by atoms with E-state index in [1.165, 1.54) is 6.42 Å². The minimum atomic E-state index is -0.0702. The number of methoxy groups -OCH3 is 1. The van der Waals surface area contributed by atoms with E-state index in [4.69, 9.17) is 10.5 Å². The number of pyridine rings is 1. The summed E-state index contributed by atoms with van der Waals surface area (Å²) in [5.41, 5.74) is 7.56. The van der Waals surface area contributed by atoms with Gasteiger partial charge >= 0.3 is 0 Å². The van der Waals surface area contributed by atoms with Gasteiger partial charge in [0.05, 0.1) is 12.1 Å². The van der Waals surface area contributed by atoms with Crippen LogP contribution < -0.4 is 5.73 Å². The van der Waals surface area contributed by atoms with E-state index in [0.717, 1.165) is 30.6 Å². The van der Waals surface area contributed by atoms with E-state index in [1.807, 2.05) is 16.7 Å². The number of anilines is 1. The zero-order valence-corrected chi connectivity index (χ0v) is 9.89. The molecule has 3 rings (SSSR count). The molecule has 0 atom stereocenters. The molecule has 0 saturated heterocycles. The van der Waals surface area contributed by atoms with E-state index in [9.17, 15) is 0 Å². The molecule has 0 amide bonds. The number of nitrogens with two attached hydrogens (primary N) is 1. The number of hydrogen-bond acceptors (Lipinski definition) is 4. The fourth-order valence-electron chi connectivity index (χ4n) is 2.42. The van der Waals surface area contributed by atoms with Crippen molar-refractivity contribution in [1.82, 2.24) is 14.5 Å². The Labute approximate surface area is 99.6 Å². The van der Waals surface area contributed by atoms with Crippen LogP contribution in [-0.2, 0) is 11.3 Å². The van der Waals surface area contributed by atoms with Gasteiger partial charge < -0.3 is 10.5 Å². The summed E-state index contributed by atoms with van der Waals surface area (Å²) < 4.78 is 7.58. The molecule has 0 aromatic carbocycles. The van der Waals surface area contributed by atoms with Gasteiger partial charge in [-0.25, -0.2) is 9.97 Å². The third kappa shape index (κ3) is 1.58. The number of imidazole rings is 1. The third-order valence-corrected chi connectivity index (χ3v) is 3.68. The van der Waals surface area contributed by atoms with Crippen molar-refractivity contribution in [3.8, 4) is 0 Å². The van der Waals surface area contributed by atoms with Crippen molar-refractivity contribution in [2.75, 3.05) is 12.8 Å². The summed E-state index contributed by atoms with van der Waals surface area (Å²) in [5.74, 6) is 0.516. The van der Waals surface area contributed by atoms with Gasteiger partial charge in [-0.15, -0.1) is 0 Å². The molecule has 2 aromatic heterocycles. The highest BCUT2D eigenvalue weighted by Gasteiger charge is 2.38.